The highest BCUT2D eigenvalue weighted by molar-refractivity contribution is 14.0. The molecule has 3 aliphatic rings. The molecular weight excluding hydrogens is 429 g/mol. The van der Waals surface area contributed by atoms with E-state index >= 15 is 0 Å². The van der Waals surface area contributed by atoms with Gasteiger partial charge >= 0.3 is 0 Å². The summed E-state index contributed by atoms with van der Waals surface area (Å²) < 4.78 is 5.56. The summed E-state index contributed by atoms with van der Waals surface area (Å²) in [6.45, 7) is 6.13. The van der Waals surface area contributed by atoms with Crippen molar-refractivity contribution in [2.24, 2.45) is 4.99 Å². The number of likely N-dealkylation sites (N-methyl/N-ethyl adjacent to an activating group) is 1. The second-order valence-corrected chi connectivity index (χ2v) is 8.01. The van der Waals surface area contributed by atoms with Gasteiger partial charge in [-0.2, -0.15) is 0 Å². The van der Waals surface area contributed by atoms with Gasteiger partial charge in [-0.3, -0.25) is 9.89 Å². The molecule has 3 rings (SSSR count). The minimum absolute atomic E-state index is 0. The number of nitrogens with zero attached hydrogens (tertiary/aromatic N) is 3. The van der Waals surface area contributed by atoms with Crippen molar-refractivity contribution in [3.8, 4) is 0 Å². The molecule has 0 amide bonds. The predicted octanol–water partition coefficient (Wildman–Crippen LogP) is 1.51. The van der Waals surface area contributed by atoms with Gasteiger partial charge in [0.1, 0.15) is 0 Å². The van der Waals surface area contributed by atoms with Gasteiger partial charge < -0.3 is 20.3 Å². The fraction of sp³-hybridized carbons (Fsp3) is 0.944. The summed E-state index contributed by atoms with van der Waals surface area (Å²) in [4.78, 5) is 9.48. The maximum absolute atomic E-state index is 5.56. The monoisotopic (exact) mass is 465 g/mol. The zero-order chi connectivity index (χ0) is 17.2. The molecule has 6 nitrogen and oxygen atoms in total. The fourth-order valence-corrected chi connectivity index (χ4v) is 4.25. The van der Waals surface area contributed by atoms with E-state index in [4.69, 9.17) is 4.74 Å². The van der Waals surface area contributed by atoms with Crippen LogP contribution >= 0.6 is 24.0 Å². The zero-order valence-corrected chi connectivity index (χ0v) is 18.6. The zero-order valence-electron chi connectivity index (χ0n) is 16.3. The van der Waals surface area contributed by atoms with Crippen LogP contribution in [-0.2, 0) is 4.74 Å². The van der Waals surface area contributed by atoms with Crippen LogP contribution in [0.15, 0.2) is 4.99 Å². The van der Waals surface area contributed by atoms with E-state index < -0.39 is 0 Å². The molecule has 0 aromatic rings. The molecule has 0 radical (unpaired) electrons. The first-order valence-electron chi connectivity index (χ1n) is 9.52. The Bertz CT molecular complexity index is 449. The Morgan fingerprint density at radius 3 is 2.52 bits per heavy atom. The van der Waals surface area contributed by atoms with Crippen LogP contribution < -0.4 is 10.6 Å². The lowest BCUT2D eigenvalue weighted by molar-refractivity contribution is -0.00502. The second kappa shape index (κ2) is 9.19. The molecule has 2 unspecified atom stereocenters. The lowest BCUT2D eigenvalue weighted by atomic mass is 9.88. The quantitative estimate of drug-likeness (QED) is 0.366. The number of aliphatic imine (C=N–C) groups is 1. The van der Waals surface area contributed by atoms with Crippen molar-refractivity contribution < 1.29 is 4.74 Å². The van der Waals surface area contributed by atoms with Gasteiger partial charge in [0.25, 0.3) is 0 Å². The molecule has 1 aliphatic carbocycles. The summed E-state index contributed by atoms with van der Waals surface area (Å²) in [6, 6.07) is 2.05. The average molecular weight is 465 g/mol. The van der Waals surface area contributed by atoms with Crippen LogP contribution in [0.5, 0.6) is 0 Å². The molecule has 0 aromatic heterocycles. The lowest BCUT2D eigenvalue weighted by Crippen LogP contribution is -2.57. The van der Waals surface area contributed by atoms with Crippen LogP contribution in [-0.4, -0.2) is 86.9 Å². The van der Waals surface area contributed by atoms with E-state index in [1.807, 2.05) is 7.05 Å². The van der Waals surface area contributed by atoms with Crippen LogP contribution in [0, 0.1) is 0 Å². The van der Waals surface area contributed by atoms with Gasteiger partial charge in [-0.15, -0.1) is 24.0 Å². The molecule has 0 spiro atoms. The van der Waals surface area contributed by atoms with Gasteiger partial charge in [-0.25, -0.2) is 0 Å². The van der Waals surface area contributed by atoms with Crippen molar-refractivity contribution in [1.82, 2.24) is 20.4 Å². The fourth-order valence-electron chi connectivity index (χ4n) is 4.25. The van der Waals surface area contributed by atoms with Gasteiger partial charge in [0.05, 0.1) is 0 Å². The highest BCUT2D eigenvalue weighted by Crippen LogP contribution is 2.33. The summed E-state index contributed by atoms with van der Waals surface area (Å²) >= 11 is 0. The lowest BCUT2D eigenvalue weighted by Gasteiger charge is -2.43. The number of hydrogen-bond acceptors (Lipinski definition) is 4. The van der Waals surface area contributed by atoms with Gasteiger partial charge in [-0.1, -0.05) is 0 Å². The summed E-state index contributed by atoms with van der Waals surface area (Å²) in [6.07, 6.45) is 6.12. The second-order valence-electron chi connectivity index (χ2n) is 8.01. The van der Waals surface area contributed by atoms with Crippen molar-refractivity contribution in [1.29, 1.82) is 0 Å². The van der Waals surface area contributed by atoms with Crippen LogP contribution in [0.2, 0.25) is 0 Å². The molecule has 2 atom stereocenters. The maximum Gasteiger partial charge on any atom is 0.191 e. The maximum atomic E-state index is 5.56. The third kappa shape index (κ3) is 5.20. The van der Waals surface area contributed by atoms with Crippen molar-refractivity contribution in [2.45, 2.75) is 62.7 Å². The third-order valence-electron chi connectivity index (χ3n) is 6.16. The molecule has 2 saturated heterocycles. The molecule has 146 valence electrons. The molecular formula is C18H36IN5O. The van der Waals surface area contributed by atoms with Gasteiger partial charge in [0.2, 0.25) is 0 Å². The number of halogens is 1. The molecule has 1 saturated carbocycles. The molecule has 7 heteroatoms. The van der Waals surface area contributed by atoms with Crippen molar-refractivity contribution in [3.63, 3.8) is 0 Å². The Labute approximate surface area is 170 Å². The first-order chi connectivity index (χ1) is 11.5. The summed E-state index contributed by atoms with van der Waals surface area (Å²) in [5.41, 5.74) is 0.166. The van der Waals surface area contributed by atoms with E-state index in [2.05, 4.69) is 46.4 Å². The molecule has 2 aliphatic heterocycles. The Hall–Kier alpha value is -0.120. The minimum atomic E-state index is 0. The van der Waals surface area contributed by atoms with E-state index in [9.17, 15) is 0 Å². The van der Waals surface area contributed by atoms with Crippen molar-refractivity contribution in [2.75, 3.05) is 47.4 Å². The van der Waals surface area contributed by atoms with Gasteiger partial charge in [0.15, 0.2) is 5.96 Å². The third-order valence-corrected chi connectivity index (χ3v) is 6.16. The number of guanidine groups is 1. The summed E-state index contributed by atoms with van der Waals surface area (Å²) in [5, 5.41) is 7.24. The number of ether oxygens (including phenoxy) is 1. The SMILES string of the molecule is CN=C(NCC1(N(C)C)CCOCC1)NC1CC(C)N(C2CC2)C1.I. The van der Waals surface area contributed by atoms with E-state index in [-0.39, 0.29) is 29.5 Å². The minimum Gasteiger partial charge on any atom is -0.381 e. The first kappa shape index (κ1) is 21.2. The molecule has 25 heavy (non-hydrogen) atoms. The van der Waals surface area contributed by atoms with Crippen LogP contribution in [0.1, 0.15) is 39.0 Å². The highest BCUT2D eigenvalue weighted by Gasteiger charge is 2.39. The van der Waals surface area contributed by atoms with Crippen LogP contribution in [0.25, 0.3) is 0 Å². The van der Waals surface area contributed by atoms with E-state index in [0.717, 1.165) is 51.1 Å². The van der Waals surface area contributed by atoms with E-state index in [1.165, 1.54) is 19.3 Å². The Balaban J connectivity index is 0.00000225. The Kier molecular flexibility index (Phi) is 7.79. The van der Waals surface area contributed by atoms with Crippen LogP contribution in [0.4, 0.5) is 0 Å². The number of hydrogen-bond donors (Lipinski definition) is 2. The molecule has 0 bridgehead atoms. The molecule has 0 aromatic carbocycles. The van der Waals surface area contributed by atoms with Gasteiger partial charge in [-0.05, 0) is 53.1 Å². The number of rotatable bonds is 5. The largest absolute Gasteiger partial charge is 0.381 e. The standard InChI is InChI=1S/C18H35N5O.HI/c1-14-11-15(12-23(14)16-5-6-16)21-17(19-2)20-13-18(22(3)4)7-9-24-10-8-18;/h14-16H,5-13H2,1-4H3,(H2,19,20,21);1H. The van der Waals surface area contributed by atoms with Gasteiger partial charge in [0, 0.05) is 57.0 Å². The molecule has 2 heterocycles. The Morgan fingerprint density at radius 2 is 1.96 bits per heavy atom. The highest BCUT2D eigenvalue weighted by atomic mass is 127. The smallest absolute Gasteiger partial charge is 0.191 e. The van der Waals surface area contributed by atoms with Crippen molar-refractivity contribution in [3.05, 3.63) is 0 Å². The average Bonchev–Trinajstić information content (AvgIpc) is 3.35. The topological polar surface area (TPSA) is 52.1 Å². The normalized spacial score (nSPS) is 30.2. The Morgan fingerprint density at radius 1 is 1.28 bits per heavy atom. The molecule has 3 fully saturated rings. The predicted molar refractivity (Wildman–Crippen MR) is 114 cm³/mol. The summed E-state index contributed by atoms with van der Waals surface area (Å²) in [5.74, 6) is 0.942. The van der Waals surface area contributed by atoms with E-state index in [0.29, 0.717) is 12.1 Å². The first-order valence-corrected chi connectivity index (χ1v) is 9.52. The van der Waals surface area contributed by atoms with E-state index in [1.54, 1.807) is 0 Å². The number of likely N-dealkylation sites (tertiary alicyclic amines) is 1. The number of nitrogens with one attached hydrogen (secondary N) is 2. The van der Waals surface area contributed by atoms with Crippen molar-refractivity contribution >= 4 is 29.9 Å². The molecule has 2 N–H and O–H groups in total. The summed E-state index contributed by atoms with van der Waals surface area (Å²) in [7, 11) is 6.23. The van der Waals surface area contributed by atoms with Crippen LogP contribution in [0.3, 0.4) is 0 Å².